The lowest BCUT2D eigenvalue weighted by molar-refractivity contribution is -0.137. The van der Waals surface area contributed by atoms with Crippen molar-refractivity contribution in [3.05, 3.63) is 82.7 Å². The molecular weight excluding hydrogens is 473 g/mol. The number of aryl methyl sites for hydroxylation is 1. The van der Waals surface area contributed by atoms with Gasteiger partial charge in [-0.05, 0) is 48.7 Å². The Morgan fingerprint density at radius 2 is 1.75 bits per heavy atom. The Kier molecular flexibility index (Phi) is 7.01. The summed E-state index contributed by atoms with van der Waals surface area (Å²) in [5, 5.41) is 0. The molecule has 9 heteroatoms. The summed E-state index contributed by atoms with van der Waals surface area (Å²) in [5.74, 6) is 1.62. The number of alkyl halides is 3. The van der Waals surface area contributed by atoms with Crippen LogP contribution < -0.4 is 9.47 Å². The summed E-state index contributed by atoms with van der Waals surface area (Å²) in [6.45, 7) is 2.30. The van der Waals surface area contributed by atoms with Crippen LogP contribution in [0.1, 0.15) is 32.9 Å². The van der Waals surface area contributed by atoms with Crippen LogP contribution in [0, 0.1) is 6.92 Å². The lowest BCUT2D eigenvalue weighted by atomic mass is 10.1. The minimum absolute atomic E-state index is 0.0942. The molecule has 0 saturated heterocycles. The average Bonchev–Trinajstić information content (AvgIpc) is 3.38. The van der Waals surface area contributed by atoms with Gasteiger partial charge in [0.15, 0.2) is 17.1 Å². The van der Waals surface area contributed by atoms with E-state index in [-0.39, 0.29) is 12.5 Å². The van der Waals surface area contributed by atoms with Gasteiger partial charge in [-0.25, -0.2) is 0 Å². The van der Waals surface area contributed by atoms with E-state index in [2.05, 4.69) is 0 Å². The standard InChI is InChI=1S/C27H27F3N2O4/c1-17-12-21-24(36-17)15-22(32(21)16-19-6-5-7-20(13-19)27(28,29)30)26(33)31(2)11-10-18-8-9-23(34-3)25(14-18)35-4/h5-9,12-15H,10-11,16H2,1-4H3. The van der Waals surface area contributed by atoms with Crippen LogP contribution in [0.2, 0.25) is 0 Å². The maximum absolute atomic E-state index is 13.4. The van der Waals surface area contributed by atoms with E-state index in [0.29, 0.717) is 52.6 Å². The van der Waals surface area contributed by atoms with Crippen LogP contribution in [-0.4, -0.2) is 43.2 Å². The number of hydrogen-bond donors (Lipinski definition) is 0. The number of carbonyl (C=O) groups excluding carboxylic acids is 1. The minimum Gasteiger partial charge on any atom is -0.493 e. The number of fused-ring (bicyclic) bond motifs is 1. The maximum atomic E-state index is 13.4. The molecule has 0 atom stereocenters. The molecule has 0 N–H and O–H groups in total. The molecule has 0 aliphatic carbocycles. The highest BCUT2D eigenvalue weighted by Gasteiger charge is 2.30. The van der Waals surface area contributed by atoms with Crippen LogP contribution in [0.15, 0.2) is 59.0 Å². The molecule has 0 spiro atoms. The molecule has 0 aliphatic rings. The zero-order valence-corrected chi connectivity index (χ0v) is 20.5. The Balaban J connectivity index is 1.58. The molecule has 190 valence electrons. The number of rotatable bonds is 8. The topological polar surface area (TPSA) is 56.8 Å². The number of benzene rings is 2. The van der Waals surface area contributed by atoms with Crippen LogP contribution in [0.5, 0.6) is 11.5 Å². The molecule has 2 heterocycles. The van der Waals surface area contributed by atoms with Crippen molar-refractivity contribution >= 4 is 17.0 Å². The Morgan fingerprint density at radius 1 is 1.00 bits per heavy atom. The molecule has 0 aliphatic heterocycles. The van der Waals surface area contributed by atoms with Crippen molar-refractivity contribution in [2.75, 3.05) is 27.8 Å². The van der Waals surface area contributed by atoms with Gasteiger partial charge in [-0.3, -0.25) is 4.79 Å². The van der Waals surface area contributed by atoms with Crippen LogP contribution in [0.3, 0.4) is 0 Å². The third-order valence-electron chi connectivity index (χ3n) is 6.06. The highest BCUT2D eigenvalue weighted by Crippen LogP contribution is 2.31. The van der Waals surface area contributed by atoms with Crippen molar-refractivity contribution in [2.24, 2.45) is 0 Å². The minimum atomic E-state index is -4.45. The van der Waals surface area contributed by atoms with Gasteiger partial charge >= 0.3 is 6.18 Å². The Labute approximate surface area is 206 Å². The van der Waals surface area contributed by atoms with E-state index in [1.165, 1.54) is 6.07 Å². The molecule has 4 rings (SSSR count). The molecule has 0 radical (unpaired) electrons. The van der Waals surface area contributed by atoms with Crippen molar-refractivity contribution in [2.45, 2.75) is 26.1 Å². The molecule has 4 aromatic rings. The van der Waals surface area contributed by atoms with Crippen LogP contribution in [-0.2, 0) is 19.1 Å². The molecule has 0 fully saturated rings. The van der Waals surface area contributed by atoms with Crippen molar-refractivity contribution in [1.29, 1.82) is 0 Å². The van der Waals surface area contributed by atoms with E-state index in [1.807, 2.05) is 18.2 Å². The molecule has 36 heavy (non-hydrogen) atoms. The summed E-state index contributed by atoms with van der Waals surface area (Å²) in [7, 11) is 4.82. The van der Waals surface area contributed by atoms with E-state index < -0.39 is 11.7 Å². The van der Waals surface area contributed by atoms with Gasteiger partial charge in [0.05, 0.1) is 25.3 Å². The quantitative estimate of drug-likeness (QED) is 0.300. The van der Waals surface area contributed by atoms with Gasteiger partial charge in [-0.15, -0.1) is 0 Å². The highest BCUT2D eigenvalue weighted by atomic mass is 19.4. The van der Waals surface area contributed by atoms with Crippen molar-refractivity contribution in [3.63, 3.8) is 0 Å². The molecule has 0 bridgehead atoms. The fourth-order valence-corrected chi connectivity index (χ4v) is 4.17. The highest BCUT2D eigenvalue weighted by molar-refractivity contribution is 5.97. The number of halogens is 3. The number of nitrogens with zero attached hydrogens (tertiary/aromatic N) is 2. The number of methoxy groups -OCH3 is 2. The normalized spacial score (nSPS) is 11.6. The van der Waals surface area contributed by atoms with E-state index in [0.717, 1.165) is 17.7 Å². The second-order valence-electron chi connectivity index (χ2n) is 8.59. The Morgan fingerprint density at radius 3 is 2.44 bits per heavy atom. The number of hydrogen-bond acceptors (Lipinski definition) is 4. The summed E-state index contributed by atoms with van der Waals surface area (Å²) < 4.78 is 57.7. The zero-order valence-electron chi connectivity index (χ0n) is 20.5. The lowest BCUT2D eigenvalue weighted by Crippen LogP contribution is -2.30. The van der Waals surface area contributed by atoms with Crippen molar-refractivity contribution in [1.82, 2.24) is 9.47 Å². The van der Waals surface area contributed by atoms with Crippen molar-refractivity contribution in [3.8, 4) is 11.5 Å². The van der Waals surface area contributed by atoms with E-state index >= 15 is 0 Å². The number of furan rings is 1. The van der Waals surface area contributed by atoms with E-state index in [9.17, 15) is 18.0 Å². The van der Waals surface area contributed by atoms with Gasteiger partial charge in [-0.1, -0.05) is 18.2 Å². The average molecular weight is 501 g/mol. The first-order valence-electron chi connectivity index (χ1n) is 11.3. The fraction of sp³-hybridized carbons (Fsp3) is 0.296. The monoisotopic (exact) mass is 500 g/mol. The van der Waals surface area contributed by atoms with Crippen LogP contribution >= 0.6 is 0 Å². The summed E-state index contributed by atoms with van der Waals surface area (Å²) in [4.78, 5) is 15.0. The predicted molar refractivity (Wildman–Crippen MR) is 130 cm³/mol. The SMILES string of the molecule is COc1ccc(CCN(C)C(=O)c2cc3oc(C)cc3n2Cc2cccc(C(F)(F)F)c2)cc1OC. The molecule has 6 nitrogen and oxygen atoms in total. The zero-order chi connectivity index (χ0) is 26.0. The maximum Gasteiger partial charge on any atom is 0.416 e. The van der Waals surface area contributed by atoms with E-state index in [1.54, 1.807) is 55.9 Å². The molecular formula is C27H27F3N2O4. The summed E-state index contributed by atoms with van der Waals surface area (Å²) in [5.41, 5.74) is 2.18. The fourth-order valence-electron chi connectivity index (χ4n) is 4.17. The third-order valence-corrected chi connectivity index (χ3v) is 6.06. The number of likely N-dealkylation sites (N-methyl/N-ethyl adjacent to an activating group) is 1. The smallest absolute Gasteiger partial charge is 0.416 e. The van der Waals surface area contributed by atoms with Gasteiger partial charge in [0.25, 0.3) is 5.91 Å². The summed E-state index contributed by atoms with van der Waals surface area (Å²) in [6.07, 6.45) is -3.87. The van der Waals surface area contributed by atoms with Gasteiger partial charge < -0.3 is 23.4 Å². The molecule has 0 saturated carbocycles. The van der Waals surface area contributed by atoms with Gasteiger partial charge in [-0.2, -0.15) is 13.2 Å². The first-order chi connectivity index (χ1) is 17.1. The first kappa shape index (κ1) is 25.2. The third kappa shape index (κ3) is 5.19. The number of ether oxygens (including phenoxy) is 2. The first-order valence-corrected chi connectivity index (χ1v) is 11.3. The number of carbonyl (C=O) groups is 1. The number of amides is 1. The lowest BCUT2D eigenvalue weighted by Gasteiger charge is -2.19. The second-order valence-corrected chi connectivity index (χ2v) is 8.59. The molecule has 2 aromatic carbocycles. The Bertz CT molecular complexity index is 1390. The predicted octanol–water partition coefficient (Wildman–Crippen LogP) is 5.94. The molecule has 0 unspecified atom stereocenters. The summed E-state index contributed by atoms with van der Waals surface area (Å²) >= 11 is 0. The molecule has 2 aromatic heterocycles. The van der Waals surface area contributed by atoms with E-state index in [4.69, 9.17) is 13.9 Å². The Hall–Kier alpha value is -3.88. The van der Waals surface area contributed by atoms with Gasteiger partial charge in [0.1, 0.15) is 11.5 Å². The van der Waals surface area contributed by atoms with Gasteiger partial charge in [0, 0.05) is 32.3 Å². The second kappa shape index (κ2) is 10.0. The largest absolute Gasteiger partial charge is 0.493 e. The van der Waals surface area contributed by atoms with Crippen molar-refractivity contribution < 1.29 is 31.9 Å². The van der Waals surface area contributed by atoms with Crippen LogP contribution in [0.25, 0.3) is 11.1 Å². The molecule has 1 amide bonds. The summed E-state index contributed by atoms with van der Waals surface area (Å²) in [6, 6.07) is 14.1. The van der Waals surface area contributed by atoms with Crippen LogP contribution in [0.4, 0.5) is 13.2 Å². The van der Waals surface area contributed by atoms with Gasteiger partial charge in [0.2, 0.25) is 0 Å². The number of aromatic nitrogens is 1.